The van der Waals surface area contributed by atoms with E-state index < -0.39 is 32.7 Å². The van der Waals surface area contributed by atoms with Gasteiger partial charge in [0.2, 0.25) is 15.9 Å². The fraction of sp³-hybridized carbons (Fsp3) is 0.364. The van der Waals surface area contributed by atoms with Crippen molar-refractivity contribution in [2.24, 2.45) is 0 Å². The van der Waals surface area contributed by atoms with Crippen LogP contribution in [0, 0.1) is 5.82 Å². The zero-order chi connectivity index (χ0) is 15.5. The second-order valence-corrected chi connectivity index (χ2v) is 6.58. The molecule has 1 amide bonds. The molecule has 20 heavy (non-hydrogen) atoms. The van der Waals surface area contributed by atoms with Crippen LogP contribution in [0.1, 0.15) is 13.8 Å². The average Bonchev–Trinajstić information content (AvgIpc) is 2.33. The number of nitrogen functional groups attached to an aromatic ring is 1. The lowest BCUT2D eigenvalue weighted by atomic mass is 10.3. The molecule has 0 aliphatic heterocycles. The Labute approximate surface area is 125 Å². The molecule has 0 spiro atoms. The lowest BCUT2D eigenvalue weighted by molar-refractivity contribution is -0.122. The number of carbonyl (C=O) groups excluding carboxylic acids is 1. The van der Waals surface area contributed by atoms with Gasteiger partial charge in [-0.2, -0.15) is 4.72 Å². The topological polar surface area (TPSA) is 101 Å². The highest BCUT2D eigenvalue weighted by molar-refractivity contribution is 9.10. The molecule has 4 N–H and O–H groups in total. The normalized spacial score (nSPS) is 13.0. The van der Waals surface area contributed by atoms with Crippen molar-refractivity contribution in [1.29, 1.82) is 0 Å². The van der Waals surface area contributed by atoms with E-state index in [-0.39, 0.29) is 10.2 Å². The van der Waals surface area contributed by atoms with Crippen molar-refractivity contribution in [3.05, 3.63) is 22.4 Å². The van der Waals surface area contributed by atoms with Crippen molar-refractivity contribution >= 4 is 37.5 Å². The van der Waals surface area contributed by atoms with Crippen molar-refractivity contribution in [2.75, 3.05) is 12.3 Å². The molecule has 0 saturated heterocycles. The molecular formula is C11H15BrFN3O3S. The fourth-order valence-electron chi connectivity index (χ4n) is 1.43. The highest BCUT2D eigenvalue weighted by atomic mass is 79.9. The first-order valence-electron chi connectivity index (χ1n) is 5.73. The van der Waals surface area contributed by atoms with Gasteiger partial charge in [0.25, 0.3) is 0 Å². The third-order valence-corrected chi connectivity index (χ3v) is 4.66. The zero-order valence-electron chi connectivity index (χ0n) is 10.9. The summed E-state index contributed by atoms with van der Waals surface area (Å²) in [4.78, 5) is 10.9. The van der Waals surface area contributed by atoms with Gasteiger partial charge < -0.3 is 11.1 Å². The number of rotatable bonds is 5. The third kappa shape index (κ3) is 3.90. The first kappa shape index (κ1) is 16.9. The summed E-state index contributed by atoms with van der Waals surface area (Å²) in [5.74, 6) is -1.46. The number of benzene rings is 1. The first-order valence-corrected chi connectivity index (χ1v) is 8.01. The Morgan fingerprint density at radius 2 is 2.10 bits per heavy atom. The van der Waals surface area contributed by atoms with Gasteiger partial charge in [0.05, 0.1) is 6.04 Å². The highest BCUT2D eigenvalue weighted by Gasteiger charge is 2.25. The number of amides is 1. The number of hydrogen-bond donors (Lipinski definition) is 3. The summed E-state index contributed by atoms with van der Waals surface area (Å²) in [7, 11) is -4.18. The van der Waals surface area contributed by atoms with E-state index in [2.05, 4.69) is 26.0 Å². The Balaban J connectivity index is 3.06. The smallest absolute Gasteiger partial charge is 0.244 e. The Morgan fingerprint density at radius 1 is 1.50 bits per heavy atom. The Bertz CT molecular complexity index is 622. The van der Waals surface area contributed by atoms with Crippen LogP contribution in [0.4, 0.5) is 10.1 Å². The third-order valence-electron chi connectivity index (χ3n) is 2.42. The van der Waals surface area contributed by atoms with Crippen LogP contribution in [0.15, 0.2) is 21.5 Å². The van der Waals surface area contributed by atoms with Crippen molar-refractivity contribution in [3.63, 3.8) is 0 Å². The minimum Gasteiger partial charge on any atom is -0.398 e. The van der Waals surface area contributed by atoms with Gasteiger partial charge in [0, 0.05) is 16.7 Å². The standard InChI is InChI=1S/C11H15BrFN3O3S/c1-3-15-11(17)6(2)16-20(18,19)10-5-9(14)7(12)4-8(10)13/h4-6,16H,3,14H2,1-2H3,(H,15,17). The lowest BCUT2D eigenvalue weighted by Gasteiger charge is -2.14. The van der Waals surface area contributed by atoms with Gasteiger partial charge >= 0.3 is 0 Å². The van der Waals surface area contributed by atoms with Crippen LogP contribution in [0.5, 0.6) is 0 Å². The molecule has 0 saturated carbocycles. The van der Waals surface area contributed by atoms with Crippen molar-refractivity contribution in [1.82, 2.24) is 10.0 Å². The van der Waals surface area contributed by atoms with Gasteiger partial charge in [-0.05, 0) is 41.9 Å². The number of anilines is 1. The summed E-state index contributed by atoms with van der Waals surface area (Å²) >= 11 is 3.00. The molecule has 0 aliphatic carbocycles. The van der Waals surface area contributed by atoms with Gasteiger partial charge in [0.15, 0.2) is 0 Å². The largest absolute Gasteiger partial charge is 0.398 e. The van der Waals surface area contributed by atoms with Gasteiger partial charge in [-0.15, -0.1) is 0 Å². The molecule has 1 rings (SSSR count). The number of hydrogen-bond acceptors (Lipinski definition) is 4. The van der Waals surface area contributed by atoms with E-state index in [1.807, 2.05) is 0 Å². The SMILES string of the molecule is CCNC(=O)C(C)NS(=O)(=O)c1cc(N)c(Br)cc1F. The lowest BCUT2D eigenvalue weighted by Crippen LogP contribution is -2.44. The molecule has 1 aromatic carbocycles. The molecule has 1 aromatic rings. The minimum atomic E-state index is -4.18. The number of nitrogens with one attached hydrogen (secondary N) is 2. The molecule has 9 heteroatoms. The summed E-state index contributed by atoms with van der Waals surface area (Å²) in [6.07, 6.45) is 0. The van der Waals surface area contributed by atoms with Crippen molar-refractivity contribution in [3.8, 4) is 0 Å². The Hall–Kier alpha value is -1.19. The first-order chi connectivity index (χ1) is 9.19. The molecule has 0 aromatic heterocycles. The average molecular weight is 368 g/mol. The van der Waals surface area contributed by atoms with Crippen LogP contribution in [0.3, 0.4) is 0 Å². The quantitative estimate of drug-likeness (QED) is 0.675. The van der Waals surface area contributed by atoms with Crippen LogP contribution >= 0.6 is 15.9 Å². The van der Waals surface area contributed by atoms with E-state index in [1.54, 1.807) is 6.92 Å². The van der Waals surface area contributed by atoms with Gasteiger partial charge in [0.1, 0.15) is 10.7 Å². The molecular weight excluding hydrogens is 353 g/mol. The van der Waals surface area contributed by atoms with Crippen molar-refractivity contribution in [2.45, 2.75) is 24.8 Å². The highest BCUT2D eigenvalue weighted by Crippen LogP contribution is 2.26. The predicted molar refractivity (Wildman–Crippen MR) is 77.0 cm³/mol. The van der Waals surface area contributed by atoms with E-state index in [0.29, 0.717) is 6.54 Å². The van der Waals surface area contributed by atoms with Crippen LogP contribution in [0.25, 0.3) is 0 Å². The maximum atomic E-state index is 13.7. The molecule has 1 atom stereocenters. The molecule has 0 radical (unpaired) electrons. The summed E-state index contributed by atoms with van der Waals surface area (Å²) in [5, 5.41) is 2.46. The molecule has 1 unspecified atom stereocenters. The van der Waals surface area contributed by atoms with E-state index in [0.717, 1.165) is 12.1 Å². The van der Waals surface area contributed by atoms with Crippen LogP contribution in [-0.2, 0) is 14.8 Å². The number of likely N-dealkylation sites (N-methyl/N-ethyl adjacent to an activating group) is 1. The van der Waals surface area contributed by atoms with Gasteiger partial charge in [-0.3, -0.25) is 4.79 Å². The van der Waals surface area contributed by atoms with Crippen LogP contribution in [-0.4, -0.2) is 26.9 Å². The fourth-order valence-corrected chi connectivity index (χ4v) is 3.04. The molecule has 0 fully saturated rings. The summed E-state index contributed by atoms with van der Waals surface area (Å²) in [5.41, 5.74) is 5.62. The minimum absolute atomic E-state index is 0.0810. The number of nitrogens with two attached hydrogens (primary N) is 1. The van der Waals surface area contributed by atoms with Crippen LogP contribution < -0.4 is 15.8 Å². The molecule has 0 aliphatic rings. The number of halogens is 2. The Kier molecular flexibility index (Phi) is 5.49. The maximum absolute atomic E-state index is 13.7. The second-order valence-electron chi connectivity index (χ2n) is 4.04. The zero-order valence-corrected chi connectivity index (χ0v) is 13.3. The van der Waals surface area contributed by atoms with E-state index in [1.165, 1.54) is 6.92 Å². The van der Waals surface area contributed by atoms with Gasteiger partial charge in [-0.25, -0.2) is 12.8 Å². The molecule has 0 bridgehead atoms. The monoisotopic (exact) mass is 367 g/mol. The van der Waals surface area contributed by atoms with Gasteiger partial charge in [-0.1, -0.05) is 0 Å². The number of carbonyl (C=O) groups is 1. The van der Waals surface area contributed by atoms with Crippen LogP contribution in [0.2, 0.25) is 0 Å². The van der Waals surface area contributed by atoms with E-state index in [9.17, 15) is 17.6 Å². The molecule has 6 nitrogen and oxygen atoms in total. The molecule has 0 heterocycles. The summed E-state index contributed by atoms with van der Waals surface area (Å²) < 4.78 is 40.1. The predicted octanol–water partition coefficient (Wildman–Crippen LogP) is 0.973. The second kappa shape index (κ2) is 6.51. The Morgan fingerprint density at radius 3 is 2.65 bits per heavy atom. The number of sulfonamides is 1. The van der Waals surface area contributed by atoms with E-state index in [4.69, 9.17) is 5.73 Å². The van der Waals surface area contributed by atoms with E-state index >= 15 is 0 Å². The van der Waals surface area contributed by atoms with Crippen molar-refractivity contribution < 1.29 is 17.6 Å². The molecule has 112 valence electrons. The summed E-state index contributed by atoms with van der Waals surface area (Å²) in [6, 6.07) is 0.927. The summed E-state index contributed by atoms with van der Waals surface area (Å²) in [6.45, 7) is 3.43. The maximum Gasteiger partial charge on any atom is 0.244 e.